The molecule has 168 valence electrons. The smallest absolute Gasteiger partial charge is 0.175 e. The standard InChI is InChI=1S/C25H27NO5S/c1-30-24-15-20(8-11-23(24)27)25(12-13-25)16-31-17-26-21-5-3-4-19(14-21)18-6-9-22(10-7-18)32(2,28)29/h3-11,14-15,26-27H,12-13,16-17H2,1-2H3. The highest BCUT2D eigenvalue weighted by Crippen LogP contribution is 2.49. The Bertz CT molecular complexity index is 1200. The molecule has 0 saturated heterocycles. The average molecular weight is 454 g/mol. The van der Waals surface area contributed by atoms with Gasteiger partial charge in [-0.2, -0.15) is 0 Å². The highest BCUT2D eigenvalue weighted by molar-refractivity contribution is 7.90. The van der Waals surface area contributed by atoms with Gasteiger partial charge < -0.3 is 19.9 Å². The lowest BCUT2D eigenvalue weighted by molar-refractivity contribution is 0.129. The third-order valence-electron chi connectivity index (χ3n) is 5.88. The summed E-state index contributed by atoms with van der Waals surface area (Å²) < 4.78 is 34.5. The fourth-order valence-electron chi connectivity index (χ4n) is 3.76. The molecule has 3 aromatic rings. The Balaban J connectivity index is 1.35. The van der Waals surface area contributed by atoms with E-state index in [1.807, 2.05) is 48.5 Å². The average Bonchev–Trinajstić information content (AvgIpc) is 3.58. The molecule has 1 aliphatic rings. The Hall–Kier alpha value is -3.03. The number of sulfone groups is 1. The van der Waals surface area contributed by atoms with Crippen molar-refractivity contribution in [1.29, 1.82) is 0 Å². The molecule has 0 amide bonds. The zero-order valence-corrected chi connectivity index (χ0v) is 19.0. The number of methoxy groups -OCH3 is 1. The number of anilines is 1. The predicted molar refractivity (Wildman–Crippen MR) is 125 cm³/mol. The molecule has 0 spiro atoms. The van der Waals surface area contributed by atoms with Gasteiger partial charge in [0.15, 0.2) is 21.3 Å². The number of rotatable bonds is 9. The summed E-state index contributed by atoms with van der Waals surface area (Å²) in [6.45, 7) is 0.952. The van der Waals surface area contributed by atoms with Crippen LogP contribution >= 0.6 is 0 Å². The molecule has 0 atom stereocenters. The van der Waals surface area contributed by atoms with Crippen molar-refractivity contribution >= 4 is 15.5 Å². The minimum Gasteiger partial charge on any atom is -0.504 e. The number of hydrogen-bond acceptors (Lipinski definition) is 6. The number of aromatic hydroxyl groups is 1. The maximum absolute atomic E-state index is 11.7. The lowest BCUT2D eigenvalue weighted by atomic mass is 9.96. The molecular formula is C25H27NO5S. The van der Waals surface area contributed by atoms with Crippen molar-refractivity contribution < 1.29 is 23.0 Å². The van der Waals surface area contributed by atoms with E-state index < -0.39 is 9.84 Å². The first-order valence-corrected chi connectivity index (χ1v) is 12.3. The van der Waals surface area contributed by atoms with Crippen molar-refractivity contribution in [3.63, 3.8) is 0 Å². The number of ether oxygens (including phenoxy) is 2. The van der Waals surface area contributed by atoms with E-state index in [1.54, 1.807) is 25.3 Å². The van der Waals surface area contributed by atoms with Crippen LogP contribution in [0.25, 0.3) is 11.1 Å². The minimum absolute atomic E-state index is 0.0220. The molecule has 0 aliphatic heterocycles. The van der Waals surface area contributed by atoms with E-state index in [0.29, 0.717) is 24.0 Å². The molecule has 1 aliphatic carbocycles. The summed E-state index contributed by atoms with van der Waals surface area (Å²) in [6.07, 6.45) is 3.29. The van der Waals surface area contributed by atoms with Gasteiger partial charge in [-0.05, 0) is 65.9 Å². The second kappa shape index (κ2) is 8.84. The Labute approximate surface area is 188 Å². The minimum atomic E-state index is -3.21. The van der Waals surface area contributed by atoms with Crippen LogP contribution in [0.15, 0.2) is 71.6 Å². The van der Waals surface area contributed by atoms with Crippen molar-refractivity contribution in [3.8, 4) is 22.6 Å². The first kappa shape index (κ1) is 22.2. The SMILES string of the molecule is COc1cc(C2(COCNc3cccc(-c4ccc(S(C)(=O)=O)cc4)c3)CC2)ccc1O. The van der Waals surface area contributed by atoms with Crippen molar-refractivity contribution in [2.24, 2.45) is 0 Å². The molecule has 0 aromatic heterocycles. The maximum atomic E-state index is 11.7. The number of phenols is 1. The highest BCUT2D eigenvalue weighted by atomic mass is 32.2. The zero-order valence-electron chi connectivity index (χ0n) is 18.2. The highest BCUT2D eigenvalue weighted by Gasteiger charge is 2.44. The predicted octanol–water partition coefficient (Wildman–Crippen LogP) is 4.59. The first-order valence-electron chi connectivity index (χ1n) is 10.4. The number of phenolic OH excluding ortho intramolecular Hbond substituents is 1. The van der Waals surface area contributed by atoms with Crippen LogP contribution in [0.3, 0.4) is 0 Å². The second-order valence-corrected chi connectivity index (χ2v) is 10.2. The van der Waals surface area contributed by atoms with Gasteiger partial charge in [0, 0.05) is 17.4 Å². The van der Waals surface area contributed by atoms with E-state index in [2.05, 4.69) is 5.32 Å². The van der Waals surface area contributed by atoms with Crippen LogP contribution in [-0.2, 0) is 20.0 Å². The number of benzene rings is 3. The summed E-state index contributed by atoms with van der Waals surface area (Å²) in [4.78, 5) is 0.309. The molecule has 1 saturated carbocycles. The normalized spacial score (nSPS) is 14.7. The summed E-state index contributed by atoms with van der Waals surface area (Å²) in [5.41, 5.74) is 3.95. The van der Waals surface area contributed by atoms with Crippen LogP contribution in [0.4, 0.5) is 5.69 Å². The van der Waals surface area contributed by atoms with Crippen LogP contribution in [-0.4, -0.2) is 40.2 Å². The fourth-order valence-corrected chi connectivity index (χ4v) is 4.39. The summed E-state index contributed by atoms with van der Waals surface area (Å²) in [5, 5.41) is 13.1. The van der Waals surface area contributed by atoms with Crippen LogP contribution in [0.1, 0.15) is 18.4 Å². The van der Waals surface area contributed by atoms with Crippen LogP contribution in [0.5, 0.6) is 11.5 Å². The monoisotopic (exact) mass is 453 g/mol. The van der Waals surface area contributed by atoms with Gasteiger partial charge in [-0.15, -0.1) is 0 Å². The van der Waals surface area contributed by atoms with Gasteiger partial charge in [-0.25, -0.2) is 8.42 Å². The topological polar surface area (TPSA) is 84.9 Å². The van der Waals surface area contributed by atoms with Crippen LogP contribution < -0.4 is 10.1 Å². The summed E-state index contributed by atoms with van der Waals surface area (Å²) in [5.74, 6) is 0.619. The van der Waals surface area contributed by atoms with Gasteiger partial charge in [0.25, 0.3) is 0 Å². The Morgan fingerprint density at radius 3 is 2.41 bits per heavy atom. The lowest BCUT2D eigenvalue weighted by Crippen LogP contribution is -2.18. The van der Waals surface area contributed by atoms with Crippen molar-refractivity contribution in [2.75, 3.05) is 32.0 Å². The zero-order chi connectivity index (χ0) is 22.8. The molecule has 7 heteroatoms. The third kappa shape index (κ3) is 4.89. The molecule has 0 radical (unpaired) electrons. The van der Waals surface area contributed by atoms with E-state index in [1.165, 1.54) is 6.26 Å². The Morgan fingerprint density at radius 1 is 1.00 bits per heavy atom. The van der Waals surface area contributed by atoms with Gasteiger partial charge >= 0.3 is 0 Å². The molecule has 6 nitrogen and oxygen atoms in total. The molecule has 0 heterocycles. The van der Waals surface area contributed by atoms with Crippen LogP contribution in [0, 0.1) is 0 Å². The largest absolute Gasteiger partial charge is 0.504 e. The van der Waals surface area contributed by atoms with Crippen LogP contribution in [0.2, 0.25) is 0 Å². The molecule has 2 N–H and O–H groups in total. The van der Waals surface area contributed by atoms with E-state index in [9.17, 15) is 13.5 Å². The molecule has 32 heavy (non-hydrogen) atoms. The molecule has 1 fully saturated rings. The summed E-state index contributed by atoms with van der Waals surface area (Å²) in [6, 6.07) is 20.3. The van der Waals surface area contributed by atoms with E-state index in [-0.39, 0.29) is 11.2 Å². The first-order chi connectivity index (χ1) is 15.3. The van der Waals surface area contributed by atoms with E-state index >= 15 is 0 Å². The quantitative estimate of drug-likeness (QED) is 0.364. The van der Waals surface area contributed by atoms with Gasteiger partial charge in [-0.3, -0.25) is 0 Å². The Morgan fingerprint density at radius 2 is 1.75 bits per heavy atom. The van der Waals surface area contributed by atoms with Crippen molar-refractivity contribution in [3.05, 3.63) is 72.3 Å². The number of nitrogens with one attached hydrogen (secondary N) is 1. The van der Waals surface area contributed by atoms with E-state index in [4.69, 9.17) is 9.47 Å². The molecular weight excluding hydrogens is 426 g/mol. The van der Waals surface area contributed by atoms with E-state index in [0.717, 1.165) is 35.2 Å². The van der Waals surface area contributed by atoms with Crippen molar-refractivity contribution in [2.45, 2.75) is 23.2 Å². The maximum Gasteiger partial charge on any atom is 0.175 e. The fraction of sp³-hybridized carbons (Fsp3) is 0.280. The van der Waals surface area contributed by atoms with Gasteiger partial charge in [0.05, 0.1) is 18.6 Å². The van der Waals surface area contributed by atoms with Crippen molar-refractivity contribution in [1.82, 2.24) is 0 Å². The molecule has 4 rings (SSSR count). The molecule has 3 aromatic carbocycles. The van der Waals surface area contributed by atoms with Gasteiger partial charge in [0.1, 0.15) is 6.73 Å². The molecule has 0 unspecified atom stereocenters. The Kier molecular flexibility index (Phi) is 6.13. The third-order valence-corrected chi connectivity index (χ3v) is 7.01. The summed E-state index contributed by atoms with van der Waals surface area (Å²) in [7, 11) is -1.66. The molecule has 0 bridgehead atoms. The summed E-state index contributed by atoms with van der Waals surface area (Å²) >= 11 is 0. The second-order valence-electron chi connectivity index (χ2n) is 8.21. The lowest BCUT2D eigenvalue weighted by Gasteiger charge is -2.18. The van der Waals surface area contributed by atoms with Gasteiger partial charge in [-0.1, -0.05) is 30.3 Å². The van der Waals surface area contributed by atoms with Gasteiger partial charge in [0.2, 0.25) is 0 Å². The number of hydrogen-bond donors (Lipinski definition) is 2.